The van der Waals surface area contributed by atoms with Gasteiger partial charge in [-0.1, -0.05) is 60.7 Å². The van der Waals surface area contributed by atoms with Crippen molar-refractivity contribution in [2.45, 2.75) is 0 Å². The van der Waals surface area contributed by atoms with E-state index in [0.29, 0.717) is 11.1 Å². The van der Waals surface area contributed by atoms with Crippen LogP contribution in [0.1, 0.15) is 0 Å². The van der Waals surface area contributed by atoms with E-state index in [4.69, 9.17) is 0 Å². The topological polar surface area (TPSA) is 144 Å². The molecule has 0 aliphatic rings. The normalized spacial score (nSPS) is 11.6. The van der Waals surface area contributed by atoms with Crippen LogP contribution in [0.15, 0.2) is 75.0 Å². The number of hydrogen-bond donors (Lipinski definition) is 0. The third-order valence-corrected chi connectivity index (χ3v) is 3.65. The SMILES string of the molecule is [O-][N+](=Nc1no[n+]([O-])c1-c1ccccc1)c1no[n+]([O-])c1-c1ccccc1. The Hall–Kier alpha value is -4.28. The number of azo groups is 1. The lowest BCUT2D eigenvalue weighted by atomic mass is 10.1. The van der Waals surface area contributed by atoms with Gasteiger partial charge < -0.3 is 15.6 Å². The Morgan fingerprint density at radius 3 is 1.93 bits per heavy atom. The van der Waals surface area contributed by atoms with E-state index in [2.05, 4.69) is 24.7 Å². The fourth-order valence-corrected chi connectivity index (χ4v) is 2.47. The van der Waals surface area contributed by atoms with E-state index in [1.165, 1.54) is 0 Å². The molecule has 0 unspecified atom stereocenters. The van der Waals surface area contributed by atoms with Crippen molar-refractivity contribution in [1.29, 1.82) is 0 Å². The lowest BCUT2D eigenvalue weighted by molar-refractivity contribution is -0.793. The van der Waals surface area contributed by atoms with Crippen molar-refractivity contribution in [3.8, 4) is 22.5 Å². The van der Waals surface area contributed by atoms with Gasteiger partial charge in [0.25, 0.3) is 11.4 Å². The van der Waals surface area contributed by atoms with E-state index in [1.54, 1.807) is 60.7 Å². The van der Waals surface area contributed by atoms with Gasteiger partial charge in [0.2, 0.25) is 0 Å². The summed E-state index contributed by atoms with van der Waals surface area (Å²) in [6, 6.07) is 16.8. The predicted molar refractivity (Wildman–Crippen MR) is 87.2 cm³/mol. The summed E-state index contributed by atoms with van der Waals surface area (Å²) in [6.45, 7) is 0. The predicted octanol–water partition coefficient (Wildman–Crippen LogP) is 2.19. The minimum atomic E-state index is -0.393. The molecule has 4 aromatic rings. The van der Waals surface area contributed by atoms with E-state index < -0.39 is 5.82 Å². The summed E-state index contributed by atoms with van der Waals surface area (Å²) in [5.74, 6) is -0.665. The monoisotopic (exact) mass is 366 g/mol. The summed E-state index contributed by atoms with van der Waals surface area (Å²) in [6.07, 6.45) is 0. The highest BCUT2D eigenvalue weighted by molar-refractivity contribution is 5.66. The minimum Gasteiger partial charge on any atom is -0.690 e. The molecule has 11 heteroatoms. The largest absolute Gasteiger partial charge is 0.690 e. The Kier molecular flexibility index (Phi) is 3.93. The Balaban J connectivity index is 1.80. The summed E-state index contributed by atoms with van der Waals surface area (Å²) in [4.78, 5) is 0.279. The molecule has 0 amide bonds. The molecular weight excluding hydrogens is 356 g/mol. The molecule has 2 aromatic carbocycles. The second kappa shape index (κ2) is 6.55. The van der Waals surface area contributed by atoms with E-state index in [0.717, 1.165) is 0 Å². The summed E-state index contributed by atoms with van der Waals surface area (Å²) < 4.78 is 9.08. The maximum Gasteiger partial charge on any atom is 0.424 e. The second-order valence-electron chi connectivity index (χ2n) is 5.31. The molecule has 0 spiro atoms. The lowest BCUT2D eigenvalue weighted by Gasteiger charge is -2.01. The fraction of sp³-hybridized carbons (Fsp3) is 0. The van der Waals surface area contributed by atoms with Gasteiger partial charge in [-0.05, 0) is 14.9 Å². The van der Waals surface area contributed by atoms with E-state index in [9.17, 15) is 15.6 Å². The summed E-state index contributed by atoms with van der Waals surface area (Å²) >= 11 is 0. The molecule has 0 saturated carbocycles. The number of rotatable bonds is 4. The number of nitrogens with zero attached hydrogens (tertiary/aromatic N) is 6. The molecule has 0 fully saturated rings. The molecule has 11 nitrogen and oxygen atoms in total. The van der Waals surface area contributed by atoms with Gasteiger partial charge in [-0.25, -0.2) is 0 Å². The summed E-state index contributed by atoms with van der Waals surface area (Å²) in [5, 5.41) is 46.9. The highest BCUT2D eigenvalue weighted by Crippen LogP contribution is 2.29. The highest BCUT2D eigenvalue weighted by Gasteiger charge is 2.28. The molecule has 2 heterocycles. The molecule has 0 atom stereocenters. The molecule has 0 bridgehead atoms. The highest BCUT2D eigenvalue weighted by atomic mass is 16.8. The Morgan fingerprint density at radius 2 is 1.30 bits per heavy atom. The number of benzene rings is 2. The van der Waals surface area contributed by atoms with Gasteiger partial charge in [0.15, 0.2) is 0 Å². The molecule has 2 aromatic heterocycles. The quantitative estimate of drug-likeness (QED) is 0.233. The molecule has 0 N–H and O–H groups in total. The minimum absolute atomic E-state index is 0.0462. The van der Waals surface area contributed by atoms with Gasteiger partial charge in [0.1, 0.15) is 0 Å². The van der Waals surface area contributed by atoms with Crippen molar-refractivity contribution < 1.29 is 23.9 Å². The first-order valence-electron chi connectivity index (χ1n) is 7.64. The van der Waals surface area contributed by atoms with Crippen molar-refractivity contribution in [2.75, 3.05) is 0 Å². The second-order valence-corrected chi connectivity index (χ2v) is 5.31. The fourth-order valence-electron chi connectivity index (χ4n) is 2.47. The van der Waals surface area contributed by atoms with E-state index in [-0.39, 0.29) is 31.9 Å². The number of hydrogen-bond acceptors (Lipinski definition) is 8. The molecule has 0 saturated heterocycles. The van der Waals surface area contributed by atoms with Crippen molar-refractivity contribution in [3.05, 3.63) is 76.3 Å². The zero-order chi connectivity index (χ0) is 18.8. The molecule has 27 heavy (non-hydrogen) atoms. The van der Waals surface area contributed by atoms with Gasteiger partial charge >= 0.3 is 11.6 Å². The van der Waals surface area contributed by atoms with Crippen molar-refractivity contribution in [3.63, 3.8) is 0 Å². The third-order valence-electron chi connectivity index (χ3n) is 3.65. The molecule has 0 radical (unpaired) electrons. The first-order valence-corrected chi connectivity index (χ1v) is 7.64. The summed E-state index contributed by atoms with van der Waals surface area (Å²) in [7, 11) is 0. The maximum absolute atomic E-state index is 12.5. The van der Waals surface area contributed by atoms with Crippen LogP contribution in [0, 0.1) is 15.6 Å². The zero-order valence-electron chi connectivity index (χ0n) is 13.5. The van der Waals surface area contributed by atoms with Crippen LogP contribution in [0.4, 0.5) is 11.6 Å². The van der Waals surface area contributed by atoms with Gasteiger partial charge in [-0.3, -0.25) is 9.26 Å². The van der Waals surface area contributed by atoms with Gasteiger partial charge in [-0.2, -0.15) is 0 Å². The van der Waals surface area contributed by atoms with Crippen LogP contribution in [-0.2, 0) is 0 Å². The third kappa shape index (κ3) is 2.93. The van der Waals surface area contributed by atoms with Crippen molar-refractivity contribution in [1.82, 2.24) is 10.3 Å². The summed E-state index contributed by atoms with van der Waals surface area (Å²) in [5.41, 5.74) is 0.663. The van der Waals surface area contributed by atoms with Crippen LogP contribution in [0.3, 0.4) is 0 Å². The van der Waals surface area contributed by atoms with Crippen LogP contribution in [0.2, 0.25) is 0 Å². The lowest BCUT2D eigenvalue weighted by Crippen LogP contribution is -2.25. The smallest absolute Gasteiger partial charge is 0.424 e. The first-order chi connectivity index (χ1) is 13.1. The first kappa shape index (κ1) is 16.2. The Labute approximate surface area is 150 Å². The van der Waals surface area contributed by atoms with Crippen molar-refractivity contribution in [2.24, 2.45) is 5.11 Å². The van der Waals surface area contributed by atoms with Gasteiger partial charge in [0, 0.05) is 11.1 Å². The average molecular weight is 366 g/mol. The maximum atomic E-state index is 12.5. The number of aromatic nitrogens is 4. The van der Waals surface area contributed by atoms with Crippen LogP contribution in [0.25, 0.3) is 22.5 Å². The Bertz CT molecular complexity index is 1110. The van der Waals surface area contributed by atoms with Crippen LogP contribution >= 0.6 is 0 Å². The van der Waals surface area contributed by atoms with E-state index >= 15 is 0 Å². The Morgan fingerprint density at radius 1 is 0.778 bits per heavy atom. The molecule has 0 aliphatic carbocycles. The standard InChI is InChI=1S/C16H10N6O5/c23-20(16-14(22(25)27-19-16)12-9-5-2-6-10-12)17-15-13(21(24)26-18-15)11-7-3-1-4-8-11/h1-10H. The molecule has 0 aliphatic heterocycles. The van der Waals surface area contributed by atoms with Crippen LogP contribution in [-0.4, -0.2) is 15.2 Å². The van der Waals surface area contributed by atoms with Crippen molar-refractivity contribution >= 4 is 11.6 Å². The van der Waals surface area contributed by atoms with Gasteiger partial charge in [0.05, 0.1) is 10.3 Å². The molecule has 134 valence electrons. The molecule has 4 rings (SSSR count). The zero-order valence-corrected chi connectivity index (χ0v) is 13.5. The van der Waals surface area contributed by atoms with Crippen LogP contribution in [0.5, 0.6) is 0 Å². The van der Waals surface area contributed by atoms with E-state index in [1.807, 2.05) is 0 Å². The average Bonchev–Trinajstić information content (AvgIpc) is 3.26. The molecular formula is C16H10N6O5. The van der Waals surface area contributed by atoms with Gasteiger partial charge in [-0.15, -0.1) is 4.86 Å². The van der Waals surface area contributed by atoms with Crippen LogP contribution < -0.4 is 9.81 Å².